The largest absolute Gasteiger partial charge is 0.423 e. The van der Waals surface area contributed by atoms with Gasteiger partial charge in [0, 0.05) is 49.8 Å². The zero-order chi connectivity index (χ0) is 19.4. The summed E-state index contributed by atoms with van der Waals surface area (Å²) < 4.78 is 11.7. The van der Waals surface area contributed by atoms with Crippen molar-refractivity contribution in [3.63, 3.8) is 0 Å². The average molecular weight is 411 g/mol. The molecule has 1 aromatic carbocycles. The number of ether oxygens (including phenoxy) is 1. The van der Waals surface area contributed by atoms with Gasteiger partial charge in [-0.25, -0.2) is 4.98 Å². The van der Waals surface area contributed by atoms with Crippen molar-refractivity contribution < 1.29 is 13.9 Å². The fourth-order valence-corrected chi connectivity index (χ4v) is 5.09. The fourth-order valence-electron chi connectivity index (χ4n) is 4.43. The lowest BCUT2D eigenvalue weighted by atomic mass is 9.92. The highest BCUT2D eigenvalue weighted by Gasteiger charge is 2.38. The summed E-state index contributed by atoms with van der Waals surface area (Å²) in [7, 11) is 0. The number of hydrogen-bond acceptors (Lipinski definition) is 8. The maximum atomic E-state index is 13.2. The average Bonchev–Trinajstić information content (AvgIpc) is 3.43. The molecule has 4 saturated heterocycles. The summed E-state index contributed by atoms with van der Waals surface area (Å²) >= 11 is 1.55. The maximum absolute atomic E-state index is 13.2. The summed E-state index contributed by atoms with van der Waals surface area (Å²) in [6.45, 7) is 4.09. The van der Waals surface area contributed by atoms with Gasteiger partial charge in [-0.2, -0.15) is 4.98 Å². The third kappa shape index (κ3) is 2.92. The maximum Gasteiger partial charge on any atom is 0.298 e. The second-order valence-electron chi connectivity index (χ2n) is 7.78. The first-order chi connectivity index (χ1) is 14.3. The van der Waals surface area contributed by atoms with Gasteiger partial charge in [-0.15, -0.1) is 11.3 Å². The summed E-state index contributed by atoms with van der Waals surface area (Å²) in [6, 6.07) is 5.38. The number of carbonyl (C=O) groups excluding carboxylic acids is 1. The molecule has 2 atom stereocenters. The number of oxazole rings is 1. The number of nitrogens with one attached hydrogen (secondary N) is 1. The van der Waals surface area contributed by atoms with Gasteiger partial charge >= 0.3 is 0 Å². The molecule has 29 heavy (non-hydrogen) atoms. The van der Waals surface area contributed by atoms with E-state index in [0.717, 1.165) is 23.7 Å². The van der Waals surface area contributed by atoms with Gasteiger partial charge in [0.15, 0.2) is 5.58 Å². The third-order valence-corrected chi connectivity index (χ3v) is 6.72. The first kappa shape index (κ1) is 17.4. The van der Waals surface area contributed by atoms with Crippen LogP contribution in [-0.2, 0) is 4.74 Å². The molecule has 7 rings (SSSR count). The molecule has 2 aromatic heterocycles. The second kappa shape index (κ2) is 6.79. The van der Waals surface area contributed by atoms with Crippen LogP contribution in [0.25, 0.3) is 21.7 Å². The highest BCUT2D eigenvalue weighted by atomic mass is 32.1. The molecule has 4 fully saturated rings. The zero-order valence-corrected chi connectivity index (χ0v) is 16.7. The van der Waals surface area contributed by atoms with Gasteiger partial charge in [-0.05, 0) is 18.6 Å². The van der Waals surface area contributed by atoms with E-state index in [0.29, 0.717) is 61.1 Å². The summed E-state index contributed by atoms with van der Waals surface area (Å²) in [5, 5.41) is 6.33. The quantitative estimate of drug-likeness (QED) is 0.705. The number of rotatable bonds is 3. The molecule has 9 heteroatoms. The van der Waals surface area contributed by atoms with Crippen molar-refractivity contribution in [2.24, 2.45) is 0 Å². The van der Waals surface area contributed by atoms with Crippen molar-refractivity contribution in [3.05, 3.63) is 29.3 Å². The number of aromatic nitrogens is 2. The SMILES string of the molecule is O=C(c1ccc(-c2nccs2)c2oc(N3CC4CC(C3)N4)nc12)N1CCOCC1. The highest BCUT2D eigenvalue weighted by molar-refractivity contribution is 7.13. The molecule has 0 radical (unpaired) electrons. The molecule has 8 nitrogen and oxygen atoms in total. The van der Waals surface area contributed by atoms with Crippen LogP contribution in [0.3, 0.4) is 0 Å². The van der Waals surface area contributed by atoms with Crippen LogP contribution in [0.2, 0.25) is 0 Å². The Morgan fingerprint density at radius 1 is 1.21 bits per heavy atom. The monoisotopic (exact) mass is 411 g/mol. The van der Waals surface area contributed by atoms with Crippen molar-refractivity contribution in [3.8, 4) is 10.6 Å². The number of morpholine rings is 1. The van der Waals surface area contributed by atoms with E-state index in [4.69, 9.17) is 14.1 Å². The van der Waals surface area contributed by atoms with Gasteiger partial charge in [0.05, 0.1) is 24.3 Å². The lowest BCUT2D eigenvalue weighted by molar-refractivity contribution is 0.0304. The number of thiazole rings is 1. The summed E-state index contributed by atoms with van der Waals surface area (Å²) in [5.74, 6) is -0.0213. The molecule has 3 aromatic rings. The van der Waals surface area contributed by atoms with Crippen LogP contribution in [-0.4, -0.2) is 72.3 Å². The summed E-state index contributed by atoms with van der Waals surface area (Å²) in [4.78, 5) is 26.5. The molecule has 6 heterocycles. The summed E-state index contributed by atoms with van der Waals surface area (Å²) in [6.07, 6.45) is 2.99. The Bertz CT molecular complexity index is 1040. The molecule has 0 aliphatic carbocycles. The number of anilines is 1. The number of piperazine rings is 1. The normalized spacial score (nSPS) is 24.0. The highest BCUT2D eigenvalue weighted by Crippen LogP contribution is 2.36. The predicted molar refractivity (Wildman–Crippen MR) is 109 cm³/mol. The molecule has 4 aliphatic rings. The van der Waals surface area contributed by atoms with Crippen LogP contribution < -0.4 is 10.2 Å². The topological polar surface area (TPSA) is 83.7 Å². The third-order valence-electron chi connectivity index (χ3n) is 5.92. The number of fused-ring (bicyclic) bond motifs is 3. The lowest BCUT2D eigenvalue weighted by Gasteiger charge is -2.47. The minimum Gasteiger partial charge on any atom is -0.423 e. The molecule has 1 amide bonds. The molecule has 150 valence electrons. The molecule has 4 aliphatic heterocycles. The minimum atomic E-state index is -0.0213. The second-order valence-corrected chi connectivity index (χ2v) is 8.67. The van der Waals surface area contributed by atoms with E-state index in [1.165, 1.54) is 6.42 Å². The van der Waals surface area contributed by atoms with Gasteiger partial charge < -0.3 is 24.3 Å². The van der Waals surface area contributed by atoms with Crippen LogP contribution in [0.1, 0.15) is 16.8 Å². The standard InChI is InChI=1S/C20H21N5O3S/c26-19(24-4-6-27-7-5-24)14-1-2-15(18-21-3-8-29-18)17-16(14)23-20(28-17)25-10-12-9-13(11-25)22-12/h1-3,8,12-13,22H,4-7,9-11H2. The van der Waals surface area contributed by atoms with E-state index in [1.807, 2.05) is 22.4 Å². The van der Waals surface area contributed by atoms with Crippen LogP contribution in [0, 0.1) is 0 Å². The Morgan fingerprint density at radius 2 is 2.00 bits per heavy atom. The first-order valence-corrected chi connectivity index (χ1v) is 10.9. The van der Waals surface area contributed by atoms with Crippen molar-refractivity contribution in [2.75, 3.05) is 44.3 Å². The molecule has 0 saturated carbocycles. The molecule has 0 spiro atoms. The van der Waals surface area contributed by atoms with Crippen LogP contribution in [0.5, 0.6) is 0 Å². The number of benzene rings is 1. The number of hydrogen-bond donors (Lipinski definition) is 1. The van der Waals surface area contributed by atoms with E-state index >= 15 is 0 Å². The minimum absolute atomic E-state index is 0.0213. The Labute approximate surface area is 171 Å². The van der Waals surface area contributed by atoms with Gasteiger partial charge in [0.25, 0.3) is 11.9 Å². The summed E-state index contributed by atoms with van der Waals surface area (Å²) in [5.41, 5.74) is 2.72. The first-order valence-electron chi connectivity index (χ1n) is 9.98. The number of piperidine rings is 1. The fraction of sp³-hybridized carbons (Fsp3) is 0.450. The van der Waals surface area contributed by atoms with Crippen molar-refractivity contribution in [1.82, 2.24) is 20.2 Å². The van der Waals surface area contributed by atoms with Gasteiger partial charge in [0.2, 0.25) is 0 Å². The van der Waals surface area contributed by atoms with E-state index in [-0.39, 0.29) is 5.91 Å². The smallest absolute Gasteiger partial charge is 0.298 e. The Hall–Kier alpha value is -2.49. The van der Waals surface area contributed by atoms with E-state index < -0.39 is 0 Å². The van der Waals surface area contributed by atoms with Crippen LogP contribution in [0.15, 0.2) is 28.1 Å². The zero-order valence-electron chi connectivity index (χ0n) is 15.8. The molecular formula is C20H21N5O3S. The molecular weight excluding hydrogens is 390 g/mol. The number of amides is 1. The van der Waals surface area contributed by atoms with Gasteiger partial charge in [-0.1, -0.05) is 0 Å². The molecule has 2 unspecified atom stereocenters. The molecule has 1 N–H and O–H groups in total. The van der Waals surface area contributed by atoms with E-state index in [1.54, 1.807) is 17.5 Å². The van der Waals surface area contributed by atoms with E-state index in [2.05, 4.69) is 15.2 Å². The number of nitrogens with zero attached hydrogens (tertiary/aromatic N) is 4. The number of carbonyl (C=O) groups is 1. The van der Waals surface area contributed by atoms with Crippen LogP contribution >= 0.6 is 11.3 Å². The lowest BCUT2D eigenvalue weighted by Crippen LogP contribution is -2.67. The van der Waals surface area contributed by atoms with Crippen LogP contribution in [0.4, 0.5) is 6.01 Å². The van der Waals surface area contributed by atoms with Crippen molar-refractivity contribution in [1.29, 1.82) is 0 Å². The Balaban J connectivity index is 1.45. The van der Waals surface area contributed by atoms with Gasteiger partial charge in [-0.3, -0.25) is 4.79 Å². The molecule has 2 bridgehead atoms. The Morgan fingerprint density at radius 3 is 2.72 bits per heavy atom. The predicted octanol–water partition coefficient (Wildman–Crippen LogP) is 1.97. The van der Waals surface area contributed by atoms with E-state index in [9.17, 15) is 4.79 Å². The van der Waals surface area contributed by atoms with Gasteiger partial charge in [0.1, 0.15) is 10.5 Å². The Kier molecular flexibility index (Phi) is 4.07. The van der Waals surface area contributed by atoms with Crippen molar-refractivity contribution >= 4 is 34.4 Å². The van der Waals surface area contributed by atoms with Crippen molar-refractivity contribution in [2.45, 2.75) is 18.5 Å².